The molecule has 1 fully saturated rings. The second-order valence-electron chi connectivity index (χ2n) is 11.5. The van der Waals surface area contributed by atoms with Crippen LogP contribution in [0.5, 0.6) is 0 Å². The molecule has 4 rings (SSSR count). The van der Waals surface area contributed by atoms with Gasteiger partial charge < -0.3 is 15.0 Å². The summed E-state index contributed by atoms with van der Waals surface area (Å²) in [6.07, 6.45) is -2.53. The number of carbonyl (C=O) groups is 2. The van der Waals surface area contributed by atoms with E-state index in [9.17, 15) is 22.8 Å². The third-order valence-electron chi connectivity index (χ3n) is 6.92. The predicted molar refractivity (Wildman–Crippen MR) is 152 cm³/mol. The molecule has 220 valence electrons. The lowest BCUT2D eigenvalue weighted by molar-refractivity contribution is -0.137. The highest BCUT2D eigenvalue weighted by Gasteiger charge is 2.35. The van der Waals surface area contributed by atoms with Crippen molar-refractivity contribution in [1.82, 2.24) is 14.7 Å². The van der Waals surface area contributed by atoms with Crippen molar-refractivity contribution in [2.75, 3.05) is 18.4 Å². The van der Waals surface area contributed by atoms with Gasteiger partial charge in [-0.3, -0.25) is 4.79 Å². The molecule has 1 saturated heterocycles. The van der Waals surface area contributed by atoms with E-state index >= 15 is 0 Å². The SMILES string of the molecule is CC(C)c1ccc(-n2ncc(C(=O)Nc3ccc(Cl)c(C(F)(F)F)c3)c2C2CCN(C(=O)OC(C)(C)C)CC2)cc1. The Morgan fingerprint density at radius 1 is 1.05 bits per heavy atom. The first-order chi connectivity index (χ1) is 19.1. The quantitative estimate of drug-likeness (QED) is 0.326. The number of halogens is 4. The zero-order valence-electron chi connectivity index (χ0n) is 23.7. The number of ether oxygens (including phenoxy) is 1. The molecule has 2 amide bonds. The molecule has 1 aromatic heterocycles. The number of piperidine rings is 1. The average Bonchev–Trinajstić information content (AvgIpc) is 3.34. The van der Waals surface area contributed by atoms with Gasteiger partial charge in [0.05, 0.1) is 33.7 Å². The third-order valence-corrected chi connectivity index (χ3v) is 7.25. The molecule has 0 radical (unpaired) electrons. The van der Waals surface area contributed by atoms with Gasteiger partial charge in [-0.25, -0.2) is 9.48 Å². The molecule has 2 heterocycles. The van der Waals surface area contributed by atoms with Crippen molar-refractivity contribution in [3.63, 3.8) is 0 Å². The van der Waals surface area contributed by atoms with E-state index in [-0.39, 0.29) is 17.2 Å². The van der Waals surface area contributed by atoms with Crippen molar-refractivity contribution in [3.8, 4) is 5.69 Å². The number of benzene rings is 2. The lowest BCUT2D eigenvalue weighted by Crippen LogP contribution is -2.41. The summed E-state index contributed by atoms with van der Waals surface area (Å²) in [5, 5.41) is 6.65. The van der Waals surface area contributed by atoms with E-state index in [2.05, 4.69) is 24.3 Å². The Bertz CT molecular complexity index is 1400. The molecular formula is C30H34ClF3N4O3. The van der Waals surface area contributed by atoms with Crippen molar-refractivity contribution in [2.24, 2.45) is 0 Å². The normalized spacial score (nSPS) is 14.8. The molecule has 0 unspecified atom stereocenters. The number of hydrogen-bond acceptors (Lipinski definition) is 4. The van der Waals surface area contributed by atoms with E-state index in [1.165, 1.54) is 12.3 Å². The van der Waals surface area contributed by atoms with E-state index < -0.39 is 34.4 Å². The van der Waals surface area contributed by atoms with Crippen LogP contribution in [0.4, 0.5) is 23.7 Å². The smallest absolute Gasteiger partial charge is 0.417 e. The van der Waals surface area contributed by atoms with Crippen LogP contribution in [-0.4, -0.2) is 45.4 Å². The summed E-state index contributed by atoms with van der Waals surface area (Å²) in [4.78, 5) is 27.7. The number of nitrogens with zero attached hydrogens (tertiary/aromatic N) is 3. The number of alkyl halides is 3. The van der Waals surface area contributed by atoms with Gasteiger partial charge in [-0.15, -0.1) is 0 Å². The molecule has 0 saturated carbocycles. The Morgan fingerprint density at radius 2 is 1.68 bits per heavy atom. The van der Waals surface area contributed by atoms with Crippen LogP contribution in [0.2, 0.25) is 5.02 Å². The van der Waals surface area contributed by atoms with Gasteiger partial charge in [0.2, 0.25) is 0 Å². The zero-order chi connectivity index (χ0) is 30.1. The molecule has 2 aromatic carbocycles. The van der Waals surface area contributed by atoms with E-state index in [1.807, 2.05) is 45.0 Å². The minimum atomic E-state index is -4.67. The molecule has 0 bridgehead atoms. The first-order valence-electron chi connectivity index (χ1n) is 13.5. The number of hydrogen-bond donors (Lipinski definition) is 1. The summed E-state index contributed by atoms with van der Waals surface area (Å²) in [5.41, 5.74) is 1.09. The number of amides is 2. The summed E-state index contributed by atoms with van der Waals surface area (Å²) in [6.45, 7) is 10.5. The number of nitrogens with one attached hydrogen (secondary N) is 1. The number of anilines is 1. The number of rotatable bonds is 5. The Morgan fingerprint density at radius 3 is 2.24 bits per heavy atom. The zero-order valence-corrected chi connectivity index (χ0v) is 24.4. The fourth-order valence-electron chi connectivity index (χ4n) is 4.81. The van der Waals surface area contributed by atoms with Crippen molar-refractivity contribution in [3.05, 3.63) is 76.1 Å². The summed E-state index contributed by atoms with van der Waals surface area (Å²) in [5.74, 6) is -0.395. The lowest BCUT2D eigenvalue weighted by Gasteiger charge is -2.34. The Labute approximate surface area is 242 Å². The van der Waals surface area contributed by atoms with Crippen LogP contribution < -0.4 is 5.32 Å². The topological polar surface area (TPSA) is 76.5 Å². The lowest BCUT2D eigenvalue weighted by atomic mass is 9.90. The van der Waals surface area contributed by atoms with Crippen molar-refractivity contribution < 1.29 is 27.5 Å². The summed E-state index contributed by atoms with van der Waals surface area (Å²) < 4.78 is 47.4. The molecule has 41 heavy (non-hydrogen) atoms. The van der Waals surface area contributed by atoms with E-state index in [4.69, 9.17) is 16.3 Å². The molecular weight excluding hydrogens is 557 g/mol. The maximum Gasteiger partial charge on any atom is 0.417 e. The van der Waals surface area contributed by atoms with Crippen LogP contribution in [0, 0.1) is 0 Å². The standard InChI is InChI=1S/C30H34ClF3N4O3/c1-18(2)19-6-9-22(10-7-19)38-26(20-12-14-37(15-13-20)28(40)41-29(3,4)5)23(17-35-38)27(39)36-21-8-11-25(31)24(16-21)30(32,33)34/h6-11,16-18,20H,12-15H2,1-5H3,(H,36,39). The number of carbonyl (C=O) groups excluding carboxylic acids is 2. The fraction of sp³-hybridized carbons (Fsp3) is 0.433. The molecule has 7 nitrogen and oxygen atoms in total. The first-order valence-corrected chi connectivity index (χ1v) is 13.9. The van der Waals surface area contributed by atoms with E-state index in [1.54, 1.807) is 9.58 Å². The van der Waals surface area contributed by atoms with Gasteiger partial charge in [0.15, 0.2) is 0 Å². The summed E-state index contributed by atoms with van der Waals surface area (Å²) in [7, 11) is 0. The number of likely N-dealkylation sites (tertiary alicyclic amines) is 1. The van der Waals surface area contributed by atoms with Crippen LogP contribution in [0.15, 0.2) is 48.7 Å². The van der Waals surface area contributed by atoms with Gasteiger partial charge in [0, 0.05) is 24.7 Å². The highest BCUT2D eigenvalue weighted by atomic mass is 35.5. The summed E-state index contributed by atoms with van der Waals surface area (Å²) in [6, 6.07) is 11.1. The van der Waals surface area contributed by atoms with E-state index in [0.717, 1.165) is 23.4 Å². The largest absolute Gasteiger partial charge is 0.444 e. The Hall–Kier alpha value is -3.53. The van der Waals surface area contributed by atoms with Crippen LogP contribution in [-0.2, 0) is 10.9 Å². The molecule has 11 heteroatoms. The van der Waals surface area contributed by atoms with Crippen molar-refractivity contribution in [1.29, 1.82) is 0 Å². The molecule has 1 N–H and O–H groups in total. The molecule has 0 atom stereocenters. The molecule has 0 aliphatic carbocycles. The van der Waals surface area contributed by atoms with Gasteiger partial charge >= 0.3 is 12.3 Å². The third kappa shape index (κ3) is 7.22. The Balaban J connectivity index is 1.65. The second-order valence-corrected chi connectivity index (χ2v) is 11.9. The van der Waals surface area contributed by atoms with E-state index in [0.29, 0.717) is 37.5 Å². The van der Waals surface area contributed by atoms with Crippen molar-refractivity contribution in [2.45, 2.75) is 71.1 Å². The monoisotopic (exact) mass is 590 g/mol. The average molecular weight is 591 g/mol. The van der Waals surface area contributed by atoms with Gasteiger partial charge in [-0.1, -0.05) is 37.6 Å². The maximum atomic E-state index is 13.5. The van der Waals surface area contributed by atoms with Crippen LogP contribution in [0.1, 0.15) is 86.5 Å². The maximum absolute atomic E-state index is 13.5. The summed E-state index contributed by atoms with van der Waals surface area (Å²) >= 11 is 5.75. The number of aromatic nitrogens is 2. The first kappa shape index (κ1) is 30.4. The second kappa shape index (κ2) is 11.8. The molecule has 0 spiro atoms. The highest BCUT2D eigenvalue weighted by Crippen LogP contribution is 2.37. The van der Waals surface area contributed by atoms with Crippen LogP contribution in [0.3, 0.4) is 0 Å². The van der Waals surface area contributed by atoms with Crippen LogP contribution in [0.25, 0.3) is 5.69 Å². The van der Waals surface area contributed by atoms with Gasteiger partial charge in [-0.2, -0.15) is 18.3 Å². The molecule has 1 aliphatic heterocycles. The minimum absolute atomic E-state index is 0.0357. The molecule has 3 aromatic rings. The Kier molecular flexibility index (Phi) is 8.73. The van der Waals surface area contributed by atoms with Crippen molar-refractivity contribution >= 4 is 29.3 Å². The van der Waals surface area contributed by atoms with Gasteiger partial charge in [-0.05, 0) is 75.4 Å². The fourth-order valence-corrected chi connectivity index (χ4v) is 5.04. The minimum Gasteiger partial charge on any atom is -0.444 e. The van der Waals surface area contributed by atoms with Crippen LogP contribution >= 0.6 is 11.6 Å². The molecule has 1 aliphatic rings. The highest BCUT2D eigenvalue weighted by molar-refractivity contribution is 6.31. The van der Waals surface area contributed by atoms with Gasteiger partial charge in [0.1, 0.15) is 5.60 Å². The van der Waals surface area contributed by atoms with Gasteiger partial charge in [0.25, 0.3) is 5.91 Å². The predicted octanol–water partition coefficient (Wildman–Crippen LogP) is 8.03.